The summed E-state index contributed by atoms with van der Waals surface area (Å²) in [5.41, 5.74) is 1.09. The Morgan fingerprint density at radius 1 is 1.50 bits per heavy atom. The number of nitrogens with one attached hydrogen (secondary N) is 1. The van der Waals surface area contributed by atoms with Gasteiger partial charge in [0.1, 0.15) is 5.82 Å². The van der Waals surface area contributed by atoms with Gasteiger partial charge in [0.2, 0.25) is 0 Å². The Hall–Kier alpha value is -1.36. The van der Waals surface area contributed by atoms with Gasteiger partial charge >= 0.3 is 5.97 Å². The molecule has 86 valence electrons. The lowest BCUT2D eigenvalue weighted by Gasteiger charge is -2.27. The number of hydrogen-bond acceptors (Lipinski definition) is 3. The maximum absolute atomic E-state index is 11.1. The minimum Gasteiger partial charge on any atom is -0.476 e. The summed E-state index contributed by atoms with van der Waals surface area (Å²) < 4.78 is 2.11. The molecule has 0 radical (unpaired) electrons. The Morgan fingerprint density at radius 3 is 2.94 bits per heavy atom. The van der Waals surface area contributed by atoms with Crippen LogP contribution in [-0.4, -0.2) is 27.2 Å². The van der Waals surface area contributed by atoms with Gasteiger partial charge in [0.05, 0.1) is 5.69 Å². The van der Waals surface area contributed by atoms with Crippen molar-refractivity contribution >= 4 is 5.97 Å². The van der Waals surface area contributed by atoms with Gasteiger partial charge in [0, 0.05) is 25.6 Å². The maximum Gasteiger partial charge on any atom is 0.356 e. The van der Waals surface area contributed by atoms with Gasteiger partial charge in [0.15, 0.2) is 5.69 Å². The van der Waals surface area contributed by atoms with Crippen LogP contribution in [-0.2, 0) is 13.1 Å². The second-order valence-electron chi connectivity index (χ2n) is 4.53. The SMILES string of the molecule is O=C(O)c1nc(C2CCC2)n2c1CNCC2. The lowest BCUT2D eigenvalue weighted by Crippen LogP contribution is -2.30. The van der Waals surface area contributed by atoms with E-state index in [0.29, 0.717) is 12.5 Å². The van der Waals surface area contributed by atoms with Crippen LogP contribution in [0.2, 0.25) is 0 Å². The molecular formula is C11H15N3O2. The molecule has 1 aliphatic heterocycles. The normalized spacial score (nSPS) is 20.2. The summed E-state index contributed by atoms with van der Waals surface area (Å²) in [5, 5.41) is 12.3. The number of aromatic nitrogens is 2. The van der Waals surface area contributed by atoms with E-state index < -0.39 is 5.97 Å². The van der Waals surface area contributed by atoms with Crippen molar-refractivity contribution in [2.24, 2.45) is 0 Å². The summed E-state index contributed by atoms with van der Waals surface area (Å²) in [6.07, 6.45) is 3.55. The van der Waals surface area contributed by atoms with Crippen LogP contribution in [0, 0.1) is 0 Å². The molecule has 1 aliphatic carbocycles. The first-order valence-corrected chi connectivity index (χ1v) is 5.80. The van der Waals surface area contributed by atoms with E-state index in [4.69, 9.17) is 5.11 Å². The topological polar surface area (TPSA) is 67.1 Å². The quantitative estimate of drug-likeness (QED) is 0.780. The Kier molecular flexibility index (Phi) is 2.21. The van der Waals surface area contributed by atoms with Gasteiger partial charge in [-0.1, -0.05) is 6.42 Å². The molecule has 1 saturated carbocycles. The number of carbonyl (C=O) groups is 1. The van der Waals surface area contributed by atoms with Crippen molar-refractivity contribution in [2.45, 2.75) is 38.3 Å². The van der Waals surface area contributed by atoms with E-state index in [2.05, 4.69) is 14.9 Å². The minimum atomic E-state index is -0.905. The number of carboxylic acid groups (broad SMARTS) is 1. The van der Waals surface area contributed by atoms with Crippen molar-refractivity contribution in [3.63, 3.8) is 0 Å². The first-order chi connectivity index (χ1) is 7.77. The second kappa shape index (κ2) is 3.59. The largest absolute Gasteiger partial charge is 0.476 e. The highest BCUT2D eigenvalue weighted by molar-refractivity contribution is 5.87. The number of aromatic carboxylic acids is 1. The van der Waals surface area contributed by atoms with Crippen LogP contribution in [0.1, 0.15) is 47.2 Å². The number of imidazole rings is 1. The van der Waals surface area contributed by atoms with Crippen LogP contribution in [0.3, 0.4) is 0 Å². The zero-order valence-electron chi connectivity index (χ0n) is 9.07. The predicted octanol–water partition coefficient (Wildman–Crippen LogP) is 0.952. The zero-order valence-corrected chi connectivity index (χ0v) is 9.07. The summed E-state index contributed by atoms with van der Waals surface area (Å²) in [7, 11) is 0. The van der Waals surface area contributed by atoms with E-state index in [-0.39, 0.29) is 5.69 Å². The van der Waals surface area contributed by atoms with Crippen LogP contribution in [0.25, 0.3) is 0 Å². The molecular weight excluding hydrogens is 206 g/mol. The molecule has 0 spiro atoms. The fourth-order valence-electron chi connectivity index (χ4n) is 2.48. The van der Waals surface area contributed by atoms with Gasteiger partial charge in [-0.3, -0.25) is 0 Å². The molecule has 0 bridgehead atoms. The summed E-state index contributed by atoms with van der Waals surface area (Å²) in [5.74, 6) is 0.586. The molecule has 1 aromatic rings. The molecule has 0 atom stereocenters. The van der Waals surface area contributed by atoms with Gasteiger partial charge < -0.3 is 15.0 Å². The molecule has 0 aromatic carbocycles. The Balaban J connectivity index is 2.07. The highest BCUT2D eigenvalue weighted by atomic mass is 16.4. The predicted molar refractivity (Wildman–Crippen MR) is 57.5 cm³/mol. The molecule has 3 rings (SSSR count). The monoisotopic (exact) mass is 221 g/mol. The van der Waals surface area contributed by atoms with Crippen molar-refractivity contribution < 1.29 is 9.90 Å². The summed E-state index contributed by atoms with van der Waals surface area (Å²) >= 11 is 0. The number of hydrogen-bond donors (Lipinski definition) is 2. The molecule has 2 N–H and O–H groups in total. The summed E-state index contributed by atoms with van der Waals surface area (Å²) in [4.78, 5) is 15.4. The van der Waals surface area contributed by atoms with Gasteiger partial charge in [-0.15, -0.1) is 0 Å². The van der Waals surface area contributed by atoms with Crippen molar-refractivity contribution in [1.29, 1.82) is 0 Å². The Bertz CT molecular complexity index is 435. The molecule has 5 nitrogen and oxygen atoms in total. The van der Waals surface area contributed by atoms with Crippen molar-refractivity contribution in [3.05, 3.63) is 17.2 Å². The van der Waals surface area contributed by atoms with E-state index in [1.54, 1.807) is 0 Å². The van der Waals surface area contributed by atoms with Crippen LogP contribution in [0.15, 0.2) is 0 Å². The summed E-state index contributed by atoms with van der Waals surface area (Å²) in [6, 6.07) is 0. The van der Waals surface area contributed by atoms with Crippen LogP contribution in [0.5, 0.6) is 0 Å². The maximum atomic E-state index is 11.1. The molecule has 0 amide bonds. The average Bonchev–Trinajstić information content (AvgIpc) is 2.56. The van der Waals surface area contributed by atoms with Gasteiger partial charge in [-0.05, 0) is 12.8 Å². The second-order valence-corrected chi connectivity index (χ2v) is 4.53. The third kappa shape index (κ3) is 1.35. The highest BCUT2D eigenvalue weighted by Crippen LogP contribution is 2.37. The molecule has 5 heteroatoms. The first kappa shape index (κ1) is 9.84. The molecule has 16 heavy (non-hydrogen) atoms. The molecule has 1 fully saturated rings. The summed E-state index contributed by atoms with van der Waals surface area (Å²) in [6.45, 7) is 2.38. The standard InChI is InChI=1S/C11H15N3O2/c15-11(16)9-8-6-12-4-5-14(8)10(13-9)7-2-1-3-7/h7,12H,1-6H2,(H,15,16). The Morgan fingerprint density at radius 2 is 2.31 bits per heavy atom. The van der Waals surface area contributed by atoms with E-state index in [1.807, 2.05) is 0 Å². The minimum absolute atomic E-state index is 0.245. The van der Waals surface area contributed by atoms with Crippen molar-refractivity contribution in [2.75, 3.05) is 6.54 Å². The van der Waals surface area contributed by atoms with Crippen LogP contribution in [0.4, 0.5) is 0 Å². The van der Waals surface area contributed by atoms with Crippen LogP contribution < -0.4 is 5.32 Å². The van der Waals surface area contributed by atoms with Crippen molar-refractivity contribution in [3.8, 4) is 0 Å². The highest BCUT2D eigenvalue weighted by Gasteiger charge is 2.30. The smallest absolute Gasteiger partial charge is 0.356 e. The van der Waals surface area contributed by atoms with E-state index >= 15 is 0 Å². The van der Waals surface area contributed by atoms with Gasteiger partial charge in [-0.25, -0.2) is 9.78 Å². The fraction of sp³-hybridized carbons (Fsp3) is 0.636. The third-order valence-corrected chi connectivity index (χ3v) is 3.58. The van der Waals surface area contributed by atoms with E-state index in [0.717, 1.165) is 37.4 Å². The van der Waals surface area contributed by atoms with Gasteiger partial charge in [-0.2, -0.15) is 0 Å². The lowest BCUT2D eigenvalue weighted by atomic mass is 9.85. The van der Waals surface area contributed by atoms with Crippen LogP contribution >= 0.6 is 0 Å². The van der Waals surface area contributed by atoms with Gasteiger partial charge in [0.25, 0.3) is 0 Å². The van der Waals surface area contributed by atoms with E-state index in [1.165, 1.54) is 6.42 Å². The van der Waals surface area contributed by atoms with Crippen molar-refractivity contribution in [1.82, 2.24) is 14.9 Å². The number of carboxylic acids is 1. The molecule has 2 aliphatic rings. The Labute approximate surface area is 93.5 Å². The molecule has 2 heterocycles. The fourth-order valence-corrected chi connectivity index (χ4v) is 2.48. The first-order valence-electron chi connectivity index (χ1n) is 5.80. The zero-order chi connectivity index (χ0) is 11.1. The molecule has 0 saturated heterocycles. The average molecular weight is 221 g/mol. The number of fused-ring (bicyclic) bond motifs is 1. The molecule has 1 aromatic heterocycles. The number of nitrogens with zero attached hydrogens (tertiary/aromatic N) is 2. The number of rotatable bonds is 2. The lowest BCUT2D eigenvalue weighted by molar-refractivity contribution is 0.0689. The van der Waals surface area contributed by atoms with E-state index in [9.17, 15) is 4.79 Å². The third-order valence-electron chi connectivity index (χ3n) is 3.58. The molecule has 0 unspecified atom stereocenters.